The lowest BCUT2D eigenvalue weighted by atomic mass is 10.0. The van der Waals surface area contributed by atoms with E-state index in [0.717, 1.165) is 17.9 Å². The van der Waals surface area contributed by atoms with Gasteiger partial charge >= 0.3 is 0 Å². The number of hydrogen-bond acceptors (Lipinski definition) is 4. The largest absolute Gasteiger partial charge is 0.388 e. The third kappa shape index (κ3) is 3.73. The van der Waals surface area contributed by atoms with Crippen LogP contribution in [0.4, 0.5) is 4.39 Å². The van der Waals surface area contributed by atoms with Gasteiger partial charge in [-0.3, -0.25) is 0 Å². The zero-order valence-electron chi connectivity index (χ0n) is 12.9. The van der Waals surface area contributed by atoms with E-state index >= 15 is 0 Å². The summed E-state index contributed by atoms with van der Waals surface area (Å²) in [7, 11) is 0. The van der Waals surface area contributed by atoms with Gasteiger partial charge in [-0.1, -0.05) is 22.8 Å². The second-order valence-corrected chi connectivity index (χ2v) is 8.19. The average Bonchev–Trinajstić information content (AvgIpc) is 3.09. The van der Waals surface area contributed by atoms with E-state index in [1.54, 1.807) is 35.2 Å². The van der Waals surface area contributed by atoms with Gasteiger partial charge in [0.05, 0.1) is 4.88 Å². The Morgan fingerprint density at radius 3 is 2.96 bits per heavy atom. The first kappa shape index (κ1) is 16.8. The van der Waals surface area contributed by atoms with E-state index in [2.05, 4.69) is 23.5 Å². The fourth-order valence-corrected chi connectivity index (χ4v) is 4.89. The summed E-state index contributed by atoms with van der Waals surface area (Å²) in [5.74, 6) is 1.00. The molecule has 2 aromatic rings. The molecule has 0 saturated heterocycles. The molecule has 1 atom stereocenters. The Morgan fingerprint density at radius 2 is 2.26 bits per heavy atom. The van der Waals surface area contributed by atoms with E-state index < -0.39 is 0 Å². The Morgan fingerprint density at radius 1 is 1.43 bits per heavy atom. The molecular weight excluding hydrogens is 353 g/mol. The summed E-state index contributed by atoms with van der Waals surface area (Å²) >= 11 is 9.36. The average molecular weight is 370 g/mol. The van der Waals surface area contributed by atoms with Crippen molar-refractivity contribution in [1.29, 1.82) is 0 Å². The van der Waals surface area contributed by atoms with Gasteiger partial charge in [0, 0.05) is 28.5 Å². The van der Waals surface area contributed by atoms with Crippen molar-refractivity contribution in [3.63, 3.8) is 0 Å². The molecule has 2 heterocycles. The van der Waals surface area contributed by atoms with Crippen molar-refractivity contribution < 1.29 is 9.23 Å². The van der Waals surface area contributed by atoms with Gasteiger partial charge in [0.2, 0.25) is 0 Å². The van der Waals surface area contributed by atoms with Crippen LogP contribution in [0.1, 0.15) is 29.3 Å². The molecule has 1 aromatic carbocycles. The van der Waals surface area contributed by atoms with Crippen LogP contribution in [0, 0.1) is 12.7 Å². The normalized spacial score (nSPS) is 20.4. The van der Waals surface area contributed by atoms with E-state index in [1.807, 2.05) is 6.92 Å². The summed E-state index contributed by atoms with van der Waals surface area (Å²) in [6.45, 7) is 4.13. The maximum absolute atomic E-state index is 13.8. The molecule has 23 heavy (non-hydrogen) atoms. The molecule has 0 bridgehead atoms. The van der Waals surface area contributed by atoms with E-state index in [0.29, 0.717) is 16.3 Å². The standard InChI is InChI=1S/C17H17ClFNOS2/c1-11-6-7-23-16(11)15-8-17(2,21-20-15)10-22-9-12-13(18)4-3-5-14(12)19/h3-7H,8-10H2,1-2H3. The van der Waals surface area contributed by atoms with Gasteiger partial charge in [-0.2, -0.15) is 11.8 Å². The fraction of sp³-hybridized carbons (Fsp3) is 0.353. The van der Waals surface area contributed by atoms with Crippen molar-refractivity contribution in [1.82, 2.24) is 0 Å². The number of rotatable bonds is 5. The zero-order chi connectivity index (χ0) is 16.4. The highest BCUT2D eigenvalue weighted by atomic mass is 35.5. The molecule has 0 aliphatic carbocycles. The lowest BCUT2D eigenvalue weighted by molar-refractivity contribution is 0.0163. The van der Waals surface area contributed by atoms with Gasteiger partial charge in [-0.25, -0.2) is 4.39 Å². The lowest BCUT2D eigenvalue weighted by Crippen LogP contribution is -2.28. The number of nitrogens with zero attached hydrogens (tertiary/aromatic N) is 1. The molecule has 0 N–H and O–H groups in total. The molecule has 0 spiro atoms. The van der Waals surface area contributed by atoms with Crippen molar-refractivity contribution >= 4 is 40.4 Å². The summed E-state index contributed by atoms with van der Waals surface area (Å²) in [4.78, 5) is 6.87. The number of thiophene rings is 1. The van der Waals surface area contributed by atoms with Crippen molar-refractivity contribution in [2.75, 3.05) is 5.75 Å². The van der Waals surface area contributed by atoms with Crippen LogP contribution in [-0.4, -0.2) is 17.1 Å². The number of oxime groups is 1. The van der Waals surface area contributed by atoms with E-state index in [4.69, 9.17) is 16.4 Å². The molecular formula is C17H17ClFNOS2. The zero-order valence-corrected chi connectivity index (χ0v) is 15.3. The first-order valence-electron chi connectivity index (χ1n) is 7.29. The van der Waals surface area contributed by atoms with Gasteiger partial charge < -0.3 is 4.84 Å². The molecule has 1 aromatic heterocycles. The molecule has 1 aliphatic heterocycles. The Labute approximate surface area is 148 Å². The van der Waals surface area contributed by atoms with Crippen LogP contribution in [0.25, 0.3) is 0 Å². The van der Waals surface area contributed by atoms with E-state index in [-0.39, 0.29) is 11.4 Å². The first-order valence-corrected chi connectivity index (χ1v) is 9.70. The van der Waals surface area contributed by atoms with Gasteiger partial charge in [0.1, 0.15) is 17.1 Å². The molecule has 0 fully saturated rings. The Kier molecular flexibility index (Phi) is 4.99. The fourth-order valence-electron chi connectivity index (χ4n) is 2.49. The van der Waals surface area contributed by atoms with Crippen molar-refractivity contribution in [3.8, 4) is 0 Å². The van der Waals surface area contributed by atoms with Crippen LogP contribution >= 0.6 is 34.7 Å². The van der Waals surface area contributed by atoms with E-state index in [9.17, 15) is 4.39 Å². The lowest BCUT2D eigenvalue weighted by Gasteiger charge is -2.21. The number of halogens is 2. The van der Waals surface area contributed by atoms with Crippen LogP contribution < -0.4 is 0 Å². The van der Waals surface area contributed by atoms with Gasteiger partial charge in [-0.05, 0) is 43.0 Å². The van der Waals surface area contributed by atoms with Gasteiger partial charge in [0.25, 0.3) is 0 Å². The third-order valence-corrected chi connectivity index (χ3v) is 6.48. The minimum absolute atomic E-state index is 0.256. The topological polar surface area (TPSA) is 21.6 Å². The number of thioether (sulfide) groups is 1. The molecule has 6 heteroatoms. The minimum atomic E-state index is -0.353. The molecule has 1 aliphatic rings. The highest BCUT2D eigenvalue weighted by Gasteiger charge is 2.35. The highest BCUT2D eigenvalue weighted by Crippen LogP contribution is 2.34. The Bertz CT molecular complexity index is 726. The summed E-state index contributed by atoms with van der Waals surface area (Å²) in [6.07, 6.45) is 0.770. The van der Waals surface area contributed by atoms with Crippen molar-refractivity contribution in [3.05, 3.63) is 56.5 Å². The second kappa shape index (κ2) is 6.83. The highest BCUT2D eigenvalue weighted by molar-refractivity contribution is 7.98. The second-order valence-electron chi connectivity index (χ2n) is 5.88. The predicted molar refractivity (Wildman–Crippen MR) is 97.3 cm³/mol. The summed E-state index contributed by atoms with van der Waals surface area (Å²) in [5.41, 5.74) is 2.43. The molecule has 2 nitrogen and oxygen atoms in total. The molecule has 0 radical (unpaired) electrons. The maximum atomic E-state index is 13.8. The number of hydrogen-bond donors (Lipinski definition) is 0. The first-order chi connectivity index (χ1) is 11.0. The van der Waals surface area contributed by atoms with Crippen molar-refractivity contribution in [2.45, 2.75) is 31.6 Å². The van der Waals surface area contributed by atoms with Crippen LogP contribution in [0.3, 0.4) is 0 Å². The van der Waals surface area contributed by atoms with E-state index in [1.165, 1.54) is 16.5 Å². The third-order valence-electron chi connectivity index (χ3n) is 3.76. The van der Waals surface area contributed by atoms with Gasteiger partial charge in [-0.15, -0.1) is 11.3 Å². The van der Waals surface area contributed by atoms with Crippen LogP contribution in [0.2, 0.25) is 5.02 Å². The predicted octanol–water partition coefficient (Wildman–Crippen LogP) is 5.67. The Balaban J connectivity index is 1.58. The smallest absolute Gasteiger partial charge is 0.149 e. The number of aryl methyl sites for hydroxylation is 1. The molecule has 0 amide bonds. The Hall–Kier alpha value is -1.04. The molecule has 0 saturated carbocycles. The SMILES string of the molecule is Cc1ccsc1C1=NOC(C)(CSCc2c(F)cccc2Cl)C1. The van der Waals surface area contributed by atoms with Crippen molar-refractivity contribution in [2.24, 2.45) is 5.16 Å². The summed E-state index contributed by atoms with van der Waals surface area (Å²) in [5, 5.41) is 6.81. The van der Waals surface area contributed by atoms with Crippen LogP contribution in [-0.2, 0) is 10.6 Å². The number of benzene rings is 1. The monoisotopic (exact) mass is 369 g/mol. The van der Waals surface area contributed by atoms with Crippen LogP contribution in [0.5, 0.6) is 0 Å². The minimum Gasteiger partial charge on any atom is -0.388 e. The van der Waals surface area contributed by atoms with Crippen LogP contribution in [0.15, 0.2) is 34.8 Å². The molecule has 3 rings (SSSR count). The molecule has 122 valence electrons. The summed E-state index contributed by atoms with van der Waals surface area (Å²) < 4.78 is 13.8. The quantitative estimate of drug-likeness (QED) is 0.677. The van der Waals surface area contributed by atoms with Gasteiger partial charge in [0.15, 0.2) is 0 Å². The summed E-state index contributed by atoms with van der Waals surface area (Å²) in [6, 6.07) is 6.87. The maximum Gasteiger partial charge on any atom is 0.149 e. The molecule has 1 unspecified atom stereocenters.